The molecule has 3 unspecified atom stereocenters. The Kier molecular flexibility index (Phi) is 6.72. The van der Waals surface area contributed by atoms with E-state index in [0.29, 0.717) is 5.38 Å². The minimum atomic E-state index is 0.491. The molecular weight excluding hydrogens is 204 g/mol. The molecule has 1 fully saturated rings. The van der Waals surface area contributed by atoms with Crippen molar-refractivity contribution in [1.82, 2.24) is 0 Å². The van der Waals surface area contributed by atoms with Gasteiger partial charge in [-0.1, -0.05) is 52.4 Å². The third-order valence-electron chi connectivity index (χ3n) is 4.00. The normalized spacial score (nSPS) is 28.2. The largest absolute Gasteiger partial charge is 0.123 e. The molecule has 0 spiro atoms. The average molecular weight is 231 g/mol. The summed E-state index contributed by atoms with van der Waals surface area (Å²) in [5, 5.41) is 0.491. The quantitative estimate of drug-likeness (QED) is 0.515. The summed E-state index contributed by atoms with van der Waals surface area (Å²) in [6.07, 6.45) is 12.4. The van der Waals surface area contributed by atoms with E-state index < -0.39 is 0 Å². The summed E-state index contributed by atoms with van der Waals surface area (Å²) in [7, 11) is 0. The smallest absolute Gasteiger partial charge is 0.0338 e. The molecule has 1 aliphatic rings. The Morgan fingerprint density at radius 2 is 2.00 bits per heavy atom. The Morgan fingerprint density at radius 3 is 2.53 bits per heavy atom. The summed E-state index contributed by atoms with van der Waals surface area (Å²) in [4.78, 5) is 0. The van der Waals surface area contributed by atoms with Gasteiger partial charge < -0.3 is 0 Å². The van der Waals surface area contributed by atoms with Crippen LogP contribution in [0.15, 0.2) is 0 Å². The molecule has 0 aliphatic heterocycles. The molecule has 90 valence electrons. The van der Waals surface area contributed by atoms with Crippen LogP contribution in [-0.4, -0.2) is 5.38 Å². The lowest BCUT2D eigenvalue weighted by atomic mass is 9.90. The number of rotatable bonds is 7. The van der Waals surface area contributed by atoms with Crippen molar-refractivity contribution in [3.05, 3.63) is 0 Å². The van der Waals surface area contributed by atoms with E-state index in [0.717, 1.165) is 11.8 Å². The third-order valence-corrected chi connectivity index (χ3v) is 4.40. The number of hydrogen-bond donors (Lipinski definition) is 0. The zero-order valence-electron chi connectivity index (χ0n) is 10.5. The van der Waals surface area contributed by atoms with E-state index in [-0.39, 0.29) is 0 Å². The van der Waals surface area contributed by atoms with Gasteiger partial charge in [-0.15, -0.1) is 11.6 Å². The maximum Gasteiger partial charge on any atom is 0.0338 e. The Labute approximate surface area is 101 Å². The molecule has 1 saturated carbocycles. The SMILES string of the molecule is CCCCC(CC)CCC1CCC(Cl)C1. The Balaban J connectivity index is 2.10. The third kappa shape index (κ3) is 5.24. The summed E-state index contributed by atoms with van der Waals surface area (Å²) >= 11 is 6.14. The lowest BCUT2D eigenvalue weighted by molar-refractivity contribution is 0.363. The van der Waals surface area contributed by atoms with Crippen molar-refractivity contribution in [2.24, 2.45) is 11.8 Å². The highest BCUT2D eigenvalue weighted by molar-refractivity contribution is 6.20. The van der Waals surface area contributed by atoms with Crippen LogP contribution in [0.2, 0.25) is 0 Å². The van der Waals surface area contributed by atoms with Gasteiger partial charge in [-0.25, -0.2) is 0 Å². The molecule has 1 aliphatic carbocycles. The van der Waals surface area contributed by atoms with Crippen LogP contribution in [0.1, 0.15) is 71.6 Å². The lowest BCUT2D eigenvalue weighted by Gasteiger charge is -2.16. The van der Waals surface area contributed by atoms with Gasteiger partial charge in [-0.05, 0) is 31.1 Å². The first-order chi connectivity index (χ1) is 7.26. The van der Waals surface area contributed by atoms with Crippen LogP contribution < -0.4 is 0 Å². The van der Waals surface area contributed by atoms with Crippen molar-refractivity contribution in [3.8, 4) is 0 Å². The Morgan fingerprint density at radius 1 is 1.20 bits per heavy atom. The summed E-state index contributed by atoms with van der Waals surface area (Å²) in [6.45, 7) is 4.64. The fourth-order valence-corrected chi connectivity index (χ4v) is 3.17. The van der Waals surface area contributed by atoms with Crippen LogP contribution in [-0.2, 0) is 0 Å². The lowest BCUT2D eigenvalue weighted by Crippen LogP contribution is -2.03. The van der Waals surface area contributed by atoms with Crippen LogP contribution in [0.3, 0.4) is 0 Å². The number of alkyl halides is 1. The topological polar surface area (TPSA) is 0 Å². The van der Waals surface area contributed by atoms with Gasteiger partial charge in [0.15, 0.2) is 0 Å². The van der Waals surface area contributed by atoms with Gasteiger partial charge in [0.2, 0.25) is 0 Å². The molecule has 0 aromatic rings. The fourth-order valence-electron chi connectivity index (χ4n) is 2.79. The Bertz CT molecular complexity index is 155. The first kappa shape index (κ1) is 13.4. The second-order valence-corrected chi connectivity index (χ2v) is 5.89. The highest BCUT2D eigenvalue weighted by atomic mass is 35.5. The monoisotopic (exact) mass is 230 g/mol. The highest BCUT2D eigenvalue weighted by Crippen LogP contribution is 2.34. The molecule has 0 nitrogen and oxygen atoms in total. The summed E-state index contributed by atoms with van der Waals surface area (Å²) in [6, 6.07) is 0. The number of halogens is 1. The van der Waals surface area contributed by atoms with Gasteiger partial charge in [0.25, 0.3) is 0 Å². The predicted octanol–water partition coefficient (Wildman–Crippen LogP) is 5.39. The molecule has 0 N–H and O–H groups in total. The van der Waals surface area contributed by atoms with Gasteiger partial charge >= 0.3 is 0 Å². The van der Waals surface area contributed by atoms with Crippen LogP contribution in [0, 0.1) is 11.8 Å². The molecular formula is C14H27Cl. The van der Waals surface area contributed by atoms with E-state index in [2.05, 4.69) is 13.8 Å². The van der Waals surface area contributed by atoms with Gasteiger partial charge in [-0.3, -0.25) is 0 Å². The van der Waals surface area contributed by atoms with Crippen LogP contribution in [0.4, 0.5) is 0 Å². The van der Waals surface area contributed by atoms with Crippen LogP contribution >= 0.6 is 11.6 Å². The Hall–Kier alpha value is 0.290. The van der Waals surface area contributed by atoms with Crippen LogP contribution in [0.5, 0.6) is 0 Å². The first-order valence-electron chi connectivity index (χ1n) is 6.90. The summed E-state index contributed by atoms with van der Waals surface area (Å²) in [5.41, 5.74) is 0. The first-order valence-corrected chi connectivity index (χ1v) is 7.33. The second kappa shape index (κ2) is 7.54. The molecule has 0 radical (unpaired) electrons. The summed E-state index contributed by atoms with van der Waals surface area (Å²) in [5.74, 6) is 1.93. The molecule has 1 heteroatoms. The molecule has 0 aromatic carbocycles. The molecule has 3 atom stereocenters. The van der Waals surface area contributed by atoms with Gasteiger partial charge in [0, 0.05) is 5.38 Å². The van der Waals surface area contributed by atoms with Crippen molar-refractivity contribution in [2.75, 3.05) is 0 Å². The van der Waals surface area contributed by atoms with E-state index in [1.165, 1.54) is 57.8 Å². The maximum atomic E-state index is 6.14. The molecule has 1 rings (SSSR count). The van der Waals surface area contributed by atoms with E-state index in [1.807, 2.05) is 0 Å². The summed E-state index contributed by atoms with van der Waals surface area (Å²) < 4.78 is 0. The van der Waals surface area contributed by atoms with Gasteiger partial charge in [0.05, 0.1) is 0 Å². The maximum absolute atomic E-state index is 6.14. The van der Waals surface area contributed by atoms with Crippen molar-refractivity contribution in [1.29, 1.82) is 0 Å². The molecule has 0 heterocycles. The standard InChI is InChI=1S/C14H27Cl/c1-3-5-6-12(4-2)7-8-13-9-10-14(15)11-13/h12-14H,3-11H2,1-2H3. The molecule has 0 bridgehead atoms. The van der Waals surface area contributed by atoms with Crippen LogP contribution in [0.25, 0.3) is 0 Å². The highest BCUT2D eigenvalue weighted by Gasteiger charge is 2.23. The predicted molar refractivity (Wildman–Crippen MR) is 69.5 cm³/mol. The van der Waals surface area contributed by atoms with Crippen molar-refractivity contribution in [2.45, 2.75) is 77.0 Å². The van der Waals surface area contributed by atoms with Gasteiger partial charge in [-0.2, -0.15) is 0 Å². The van der Waals surface area contributed by atoms with E-state index in [4.69, 9.17) is 11.6 Å². The minimum Gasteiger partial charge on any atom is -0.123 e. The van der Waals surface area contributed by atoms with E-state index >= 15 is 0 Å². The zero-order chi connectivity index (χ0) is 11.1. The molecule has 0 aromatic heterocycles. The second-order valence-electron chi connectivity index (χ2n) is 5.27. The van der Waals surface area contributed by atoms with E-state index in [1.54, 1.807) is 0 Å². The van der Waals surface area contributed by atoms with Crippen molar-refractivity contribution >= 4 is 11.6 Å². The molecule has 0 amide bonds. The minimum absolute atomic E-state index is 0.491. The zero-order valence-corrected chi connectivity index (χ0v) is 11.2. The van der Waals surface area contributed by atoms with Crippen molar-refractivity contribution in [3.63, 3.8) is 0 Å². The number of unbranched alkanes of at least 4 members (excludes halogenated alkanes) is 1. The van der Waals surface area contributed by atoms with Gasteiger partial charge in [0.1, 0.15) is 0 Å². The number of hydrogen-bond acceptors (Lipinski definition) is 0. The van der Waals surface area contributed by atoms with E-state index in [9.17, 15) is 0 Å². The average Bonchev–Trinajstić information content (AvgIpc) is 2.65. The fraction of sp³-hybridized carbons (Fsp3) is 1.00. The molecule has 15 heavy (non-hydrogen) atoms. The van der Waals surface area contributed by atoms with Crippen molar-refractivity contribution < 1.29 is 0 Å². The molecule has 0 saturated heterocycles.